The van der Waals surface area contributed by atoms with E-state index in [1.54, 1.807) is 27.7 Å². The van der Waals surface area contributed by atoms with E-state index in [-0.39, 0.29) is 34.0 Å². The molecule has 32 heavy (non-hydrogen) atoms. The summed E-state index contributed by atoms with van der Waals surface area (Å²) in [5.74, 6) is -3.64. The number of nitrogens with zero attached hydrogens (tertiary/aromatic N) is 3. The lowest BCUT2D eigenvalue weighted by Crippen LogP contribution is -2.35. The smallest absolute Gasteiger partial charge is 0.333 e. The number of alkyl halides is 2. The Morgan fingerprint density at radius 3 is 2.53 bits per heavy atom. The van der Waals surface area contributed by atoms with Gasteiger partial charge in [0.1, 0.15) is 5.69 Å². The van der Waals surface area contributed by atoms with Crippen LogP contribution in [-0.4, -0.2) is 35.8 Å². The molecule has 0 unspecified atom stereocenters. The predicted molar refractivity (Wildman–Crippen MR) is 114 cm³/mol. The van der Waals surface area contributed by atoms with E-state index in [1.807, 2.05) is 4.72 Å². The number of amides is 2. The fourth-order valence-corrected chi connectivity index (χ4v) is 4.35. The summed E-state index contributed by atoms with van der Waals surface area (Å²) in [4.78, 5) is 16.5. The number of halogens is 2. The number of pyridine rings is 1. The molecule has 0 aromatic carbocycles. The zero-order chi connectivity index (χ0) is 23.8. The van der Waals surface area contributed by atoms with Gasteiger partial charge in [0.2, 0.25) is 5.88 Å². The van der Waals surface area contributed by atoms with Crippen molar-refractivity contribution in [3.8, 4) is 5.88 Å². The normalized spacial score (nSPS) is 14.3. The third kappa shape index (κ3) is 4.84. The molecule has 2 N–H and O–H groups in total. The minimum absolute atomic E-state index is 0.0680. The average molecular weight is 472 g/mol. The molecule has 176 valence electrons. The van der Waals surface area contributed by atoms with Gasteiger partial charge in [0.15, 0.2) is 4.90 Å². The van der Waals surface area contributed by atoms with Crippen LogP contribution < -0.4 is 14.8 Å². The summed E-state index contributed by atoms with van der Waals surface area (Å²) >= 11 is 0. The third-order valence-corrected chi connectivity index (χ3v) is 6.28. The maximum Gasteiger partial charge on any atom is 0.333 e. The molecule has 3 heterocycles. The van der Waals surface area contributed by atoms with Crippen molar-refractivity contribution in [2.45, 2.75) is 70.2 Å². The van der Waals surface area contributed by atoms with E-state index in [9.17, 15) is 22.0 Å². The molecule has 0 radical (unpaired) electrons. The van der Waals surface area contributed by atoms with Gasteiger partial charge in [-0.1, -0.05) is 27.7 Å². The molecule has 2 aromatic rings. The molecule has 0 aliphatic carbocycles. The fourth-order valence-electron chi connectivity index (χ4n) is 3.36. The van der Waals surface area contributed by atoms with Crippen molar-refractivity contribution < 1.29 is 26.7 Å². The second-order valence-corrected chi connectivity index (χ2v) is 10.0. The van der Waals surface area contributed by atoms with Crippen molar-refractivity contribution in [3.63, 3.8) is 0 Å². The van der Waals surface area contributed by atoms with Gasteiger partial charge in [0.25, 0.3) is 15.9 Å². The number of nitrogens with one attached hydrogen (secondary N) is 2. The summed E-state index contributed by atoms with van der Waals surface area (Å²) in [5.41, 5.74) is 0.474. The van der Waals surface area contributed by atoms with E-state index in [4.69, 9.17) is 4.74 Å². The number of urea groups is 1. The molecule has 0 bridgehead atoms. The van der Waals surface area contributed by atoms with Gasteiger partial charge in [0.05, 0.1) is 24.2 Å². The molecule has 9 nitrogen and oxygen atoms in total. The second kappa shape index (κ2) is 8.64. The second-order valence-electron chi connectivity index (χ2n) is 8.35. The number of aryl methyl sites for hydroxylation is 1. The van der Waals surface area contributed by atoms with Gasteiger partial charge < -0.3 is 10.1 Å². The van der Waals surface area contributed by atoms with Crippen LogP contribution in [0.4, 0.5) is 19.3 Å². The van der Waals surface area contributed by atoms with E-state index in [2.05, 4.69) is 15.4 Å². The van der Waals surface area contributed by atoms with Crippen LogP contribution >= 0.6 is 0 Å². The summed E-state index contributed by atoms with van der Waals surface area (Å²) in [6, 6.07) is 0.199. The summed E-state index contributed by atoms with van der Waals surface area (Å²) in [7, 11) is -4.29. The van der Waals surface area contributed by atoms with Gasteiger partial charge in [-0.15, -0.1) is 0 Å². The summed E-state index contributed by atoms with van der Waals surface area (Å²) in [6.45, 7) is 8.68. The van der Waals surface area contributed by atoms with Crippen LogP contribution in [0.3, 0.4) is 0 Å². The van der Waals surface area contributed by atoms with Crippen LogP contribution in [-0.2, 0) is 22.5 Å². The van der Waals surface area contributed by atoms with Crippen molar-refractivity contribution in [2.24, 2.45) is 0 Å². The number of fused-ring (bicyclic) bond motifs is 1. The lowest BCUT2D eigenvalue weighted by atomic mass is 9.95. The molecule has 1 aliphatic heterocycles. The Morgan fingerprint density at radius 1 is 1.25 bits per heavy atom. The lowest BCUT2D eigenvalue weighted by Gasteiger charge is -2.23. The summed E-state index contributed by atoms with van der Waals surface area (Å²) in [6.07, 6.45) is 1.81. The van der Waals surface area contributed by atoms with E-state index in [0.29, 0.717) is 25.1 Å². The minimum Gasteiger partial charge on any atom is -0.477 e. The monoisotopic (exact) mass is 471 g/mol. The average Bonchev–Trinajstić information content (AvgIpc) is 3.11. The van der Waals surface area contributed by atoms with Gasteiger partial charge >= 0.3 is 6.03 Å². The summed E-state index contributed by atoms with van der Waals surface area (Å²) < 4.78 is 62.3. The number of hydrogen-bond donors (Lipinski definition) is 2. The molecule has 2 amide bonds. The fraction of sp³-hybridized carbons (Fsp3) is 0.550. The minimum atomic E-state index is -4.29. The van der Waals surface area contributed by atoms with Crippen LogP contribution in [0.25, 0.3) is 0 Å². The van der Waals surface area contributed by atoms with Gasteiger partial charge in [-0.3, -0.25) is 0 Å². The Labute approximate surface area is 185 Å². The zero-order valence-corrected chi connectivity index (χ0v) is 19.4. The standard InChI is InChI=1S/C20H27F2N5O4S/c1-11(2)13-9-15(20(5,21)22)24-16(12(3)4)17(13)25-19(28)26-32(29,30)14-10-23-27-7-6-8-31-18(14)27/h9-12H,6-8H2,1-5H3,(H2,25,26,28). The highest BCUT2D eigenvalue weighted by Crippen LogP contribution is 2.36. The van der Waals surface area contributed by atoms with E-state index < -0.39 is 27.7 Å². The number of hydrogen-bond acceptors (Lipinski definition) is 6. The Kier molecular flexibility index (Phi) is 6.45. The molecule has 0 saturated heterocycles. The molecular formula is C20H27F2N5O4S. The van der Waals surface area contributed by atoms with Gasteiger partial charge in [0, 0.05) is 19.9 Å². The number of anilines is 1. The van der Waals surface area contributed by atoms with E-state index in [0.717, 1.165) is 13.1 Å². The third-order valence-electron chi connectivity index (χ3n) is 4.96. The van der Waals surface area contributed by atoms with Crippen molar-refractivity contribution in [1.82, 2.24) is 19.5 Å². The molecule has 2 aromatic heterocycles. The van der Waals surface area contributed by atoms with Gasteiger partial charge in [-0.2, -0.15) is 13.9 Å². The molecule has 12 heteroatoms. The van der Waals surface area contributed by atoms with Crippen molar-refractivity contribution in [1.29, 1.82) is 0 Å². The quantitative estimate of drug-likeness (QED) is 0.660. The number of carbonyl (C=O) groups excluding carboxylic acids is 1. The SMILES string of the molecule is CC(C)c1cc(C(C)(F)F)nc(C(C)C)c1NC(=O)NS(=O)(=O)c1cnn2c1OCCC2. The first-order chi connectivity index (χ1) is 14.8. The van der Waals surface area contributed by atoms with Gasteiger partial charge in [-0.25, -0.2) is 27.6 Å². The van der Waals surface area contributed by atoms with Crippen molar-refractivity contribution >= 4 is 21.7 Å². The highest BCUT2D eigenvalue weighted by Gasteiger charge is 2.32. The number of aromatic nitrogens is 3. The largest absolute Gasteiger partial charge is 0.477 e. The highest BCUT2D eigenvalue weighted by molar-refractivity contribution is 7.90. The Bertz CT molecular complexity index is 1090. The number of ether oxygens (including phenoxy) is 1. The Balaban J connectivity index is 1.94. The van der Waals surface area contributed by atoms with Crippen LogP contribution in [0.2, 0.25) is 0 Å². The van der Waals surface area contributed by atoms with Crippen LogP contribution in [0.15, 0.2) is 17.2 Å². The van der Waals surface area contributed by atoms with E-state index in [1.165, 1.54) is 10.7 Å². The molecule has 0 fully saturated rings. The molecule has 3 rings (SSSR count). The number of carbonyl (C=O) groups is 1. The first-order valence-corrected chi connectivity index (χ1v) is 11.7. The van der Waals surface area contributed by atoms with Crippen molar-refractivity contribution in [3.05, 3.63) is 29.2 Å². The van der Waals surface area contributed by atoms with Crippen LogP contribution in [0.5, 0.6) is 5.88 Å². The molecule has 0 spiro atoms. The Morgan fingerprint density at radius 2 is 1.94 bits per heavy atom. The first-order valence-electron chi connectivity index (χ1n) is 10.3. The summed E-state index contributed by atoms with van der Waals surface area (Å²) in [5, 5.41) is 6.50. The van der Waals surface area contributed by atoms with Crippen LogP contribution in [0.1, 0.15) is 69.8 Å². The maximum absolute atomic E-state index is 14.0. The van der Waals surface area contributed by atoms with Gasteiger partial charge in [-0.05, 0) is 23.5 Å². The highest BCUT2D eigenvalue weighted by atomic mass is 32.2. The van der Waals surface area contributed by atoms with E-state index >= 15 is 0 Å². The molecule has 0 saturated carbocycles. The maximum atomic E-state index is 14.0. The zero-order valence-electron chi connectivity index (χ0n) is 18.6. The lowest BCUT2D eigenvalue weighted by molar-refractivity contribution is 0.0124. The predicted octanol–water partition coefficient (Wildman–Crippen LogP) is 3.93. The first kappa shape index (κ1) is 23.9. The van der Waals surface area contributed by atoms with Crippen molar-refractivity contribution in [2.75, 3.05) is 11.9 Å². The molecule has 0 atom stereocenters. The molecular weight excluding hydrogens is 444 g/mol. The molecule has 1 aliphatic rings. The topological polar surface area (TPSA) is 115 Å². The van der Waals surface area contributed by atoms with Crippen LogP contribution in [0, 0.1) is 0 Å². The Hall–Kier alpha value is -2.76. The number of rotatable bonds is 6. The number of sulfonamides is 1.